The molecule has 3 aromatic rings. The molecule has 0 unspecified atom stereocenters. The largest absolute Gasteiger partial charge is 0.481 e. The molecule has 0 bridgehead atoms. The number of benzene rings is 1. The zero-order valence-electron chi connectivity index (χ0n) is 14.5. The molecule has 0 aliphatic heterocycles. The van der Waals surface area contributed by atoms with Gasteiger partial charge in [-0.25, -0.2) is 9.97 Å². The predicted molar refractivity (Wildman–Crippen MR) is 103 cm³/mol. The zero-order chi connectivity index (χ0) is 18.2. The van der Waals surface area contributed by atoms with Crippen LogP contribution in [-0.2, 0) is 0 Å². The third kappa shape index (κ3) is 4.73. The molecule has 0 atom stereocenters. The molecule has 0 aliphatic rings. The highest BCUT2D eigenvalue weighted by Gasteiger charge is 1.96. The van der Waals surface area contributed by atoms with E-state index in [2.05, 4.69) is 20.0 Å². The van der Waals surface area contributed by atoms with Gasteiger partial charge in [0.15, 0.2) is 0 Å². The van der Waals surface area contributed by atoms with E-state index in [0.29, 0.717) is 11.8 Å². The Morgan fingerprint density at radius 3 is 1.46 bits per heavy atom. The summed E-state index contributed by atoms with van der Waals surface area (Å²) in [6.07, 6.45) is 3.39. The minimum atomic E-state index is 0.560. The summed E-state index contributed by atoms with van der Waals surface area (Å²) in [6, 6.07) is 18.6. The molecule has 0 spiro atoms. The van der Waals surface area contributed by atoms with E-state index in [9.17, 15) is 0 Å². The van der Waals surface area contributed by atoms with E-state index in [1.807, 2.05) is 48.5 Å². The molecular weight excluding hydrogens is 328 g/mol. The molecular formula is C20H18N4O2. The maximum atomic E-state index is 5.10. The fourth-order valence-electron chi connectivity index (χ4n) is 2.14. The van der Waals surface area contributed by atoms with Gasteiger partial charge in [0.25, 0.3) is 0 Å². The summed E-state index contributed by atoms with van der Waals surface area (Å²) >= 11 is 0. The van der Waals surface area contributed by atoms with E-state index in [1.54, 1.807) is 38.8 Å². The predicted octanol–water partition coefficient (Wildman–Crippen LogP) is 4.00. The van der Waals surface area contributed by atoms with Gasteiger partial charge in [0.05, 0.1) is 49.4 Å². The van der Waals surface area contributed by atoms with Crippen LogP contribution < -0.4 is 9.47 Å². The molecule has 0 aliphatic carbocycles. The second-order valence-corrected chi connectivity index (χ2v) is 5.24. The van der Waals surface area contributed by atoms with E-state index in [1.165, 1.54) is 0 Å². The average molecular weight is 346 g/mol. The highest BCUT2D eigenvalue weighted by Crippen LogP contribution is 2.19. The Morgan fingerprint density at radius 1 is 0.654 bits per heavy atom. The van der Waals surface area contributed by atoms with Crippen LogP contribution in [0.4, 0.5) is 11.4 Å². The van der Waals surface area contributed by atoms with Gasteiger partial charge in [0.2, 0.25) is 11.8 Å². The Balaban J connectivity index is 1.67. The molecule has 0 N–H and O–H groups in total. The number of rotatable bonds is 6. The molecule has 6 nitrogen and oxygen atoms in total. The first-order chi connectivity index (χ1) is 12.8. The van der Waals surface area contributed by atoms with Gasteiger partial charge in [-0.15, -0.1) is 0 Å². The van der Waals surface area contributed by atoms with Gasteiger partial charge in [-0.05, 0) is 36.4 Å². The van der Waals surface area contributed by atoms with E-state index < -0.39 is 0 Å². The monoisotopic (exact) mass is 346 g/mol. The lowest BCUT2D eigenvalue weighted by molar-refractivity contribution is 0.397. The molecule has 0 radical (unpaired) electrons. The first-order valence-corrected chi connectivity index (χ1v) is 7.97. The van der Waals surface area contributed by atoms with Crippen molar-refractivity contribution in [3.63, 3.8) is 0 Å². The Morgan fingerprint density at radius 2 is 1.08 bits per heavy atom. The molecule has 6 heteroatoms. The van der Waals surface area contributed by atoms with Crippen molar-refractivity contribution < 1.29 is 9.47 Å². The molecule has 130 valence electrons. The van der Waals surface area contributed by atoms with Gasteiger partial charge in [0, 0.05) is 12.1 Å². The van der Waals surface area contributed by atoms with Gasteiger partial charge in [-0.2, -0.15) is 0 Å². The highest BCUT2D eigenvalue weighted by atomic mass is 16.5. The van der Waals surface area contributed by atoms with Crippen LogP contribution >= 0.6 is 0 Å². The molecule has 0 saturated carbocycles. The number of hydrogen-bond donors (Lipinski definition) is 0. The van der Waals surface area contributed by atoms with Crippen LogP contribution in [-0.4, -0.2) is 36.6 Å². The van der Waals surface area contributed by atoms with E-state index >= 15 is 0 Å². The summed E-state index contributed by atoms with van der Waals surface area (Å²) in [7, 11) is 3.17. The second kappa shape index (κ2) is 8.53. The summed E-state index contributed by atoms with van der Waals surface area (Å²) in [5.41, 5.74) is 3.09. The number of pyridine rings is 2. The van der Waals surface area contributed by atoms with Crippen molar-refractivity contribution in [1.29, 1.82) is 0 Å². The van der Waals surface area contributed by atoms with Crippen molar-refractivity contribution in [3.8, 4) is 11.8 Å². The summed E-state index contributed by atoms with van der Waals surface area (Å²) < 4.78 is 10.2. The number of nitrogens with zero attached hydrogens (tertiary/aromatic N) is 4. The summed E-state index contributed by atoms with van der Waals surface area (Å²) in [4.78, 5) is 17.4. The minimum Gasteiger partial charge on any atom is -0.481 e. The smallest absolute Gasteiger partial charge is 0.213 e. The molecule has 3 rings (SSSR count). The first-order valence-electron chi connectivity index (χ1n) is 7.97. The van der Waals surface area contributed by atoms with Crippen LogP contribution in [0.1, 0.15) is 11.4 Å². The maximum Gasteiger partial charge on any atom is 0.213 e. The zero-order valence-corrected chi connectivity index (χ0v) is 14.5. The summed E-state index contributed by atoms with van der Waals surface area (Å²) in [6.45, 7) is 0. The molecule has 0 saturated heterocycles. The fourth-order valence-corrected chi connectivity index (χ4v) is 2.14. The van der Waals surface area contributed by atoms with Gasteiger partial charge in [-0.3, -0.25) is 9.98 Å². The van der Waals surface area contributed by atoms with Gasteiger partial charge < -0.3 is 9.47 Å². The Kier molecular flexibility index (Phi) is 5.67. The average Bonchev–Trinajstić information content (AvgIpc) is 2.72. The molecule has 2 heterocycles. The lowest BCUT2D eigenvalue weighted by Crippen LogP contribution is -1.91. The lowest BCUT2D eigenvalue weighted by atomic mass is 10.3. The second-order valence-electron chi connectivity index (χ2n) is 5.24. The highest BCUT2D eigenvalue weighted by molar-refractivity contribution is 5.81. The lowest BCUT2D eigenvalue weighted by Gasteiger charge is -2.00. The standard InChI is InChI=1S/C20H18N4O2/c1-25-19-7-3-5-17(23-19)13-21-15-9-11-16(12-10-15)22-14-18-6-4-8-20(24-18)26-2/h3-14H,1-2H3. The van der Waals surface area contributed by atoms with Crippen molar-refractivity contribution in [2.45, 2.75) is 0 Å². The molecule has 0 amide bonds. The quantitative estimate of drug-likeness (QED) is 0.633. The number of aliphatic imine (C=N–C) groups is 2. The van der Waals surface area contributed by atoms with Crippen molar-refractivity contribution in [2.75, 3.05) is 14.2 Å². The maximum absolute atomic E-state index is 5.10. The Bertz CT molecular complexity index is 845. The van der Waals surface area contributed by atoms with E-state index in [-0.39, 0.29) is 0 Å². The number of methoxy groups -OCH3 is 2. The van der Waals surface area contributed by atoms with Crippen molar-refractivity contribution in [2.24, 2.45) is 9.98 Å². The third-order valence-electron chi connectivity index (χ3n) is 3.45. The van der Waals surface area contributed by atoms with Crippen LogP contribution in [0.15, 0.2) is 70.6 Å². The summed E-state index contributed by atoms with van der Waals surface area (Å²) in [5.74, 6) is 1.12. The van der Waals surface area contributed by atoms with E-state index in [4.69, 9.17) is 9.47 Å². The van der Waals surface area contributed by atoms with E-state index in [0.717, 1.165) is 22.8 Å². The van der Waals surface area contributed by atoms with Crippen LogP contribution in [0.5, 0.6) is 11.8 Å². The molecule has 0 fully saturated rings. The Labute approximate surface area is 151 Å². The number of hydrogen-bond acceptors (Lipinski definition) is 6. The molecule has 26 heavy (non-hydrogen) atoms. The van der Waals surface area contributed by atoms with Crippen LogP contribution in [0.2, 0.25) is 0 Å². The number of ether oxygens (including phenoxy) is 2. The van der Waals surface area contributed by atoms with Crippen LogP contribution in [0.25, 0.3) is 0 Å². The minimum absolute atomic E-state index is 0.560. The normalized spacial score (nSPS) is 11.2. The number of aromatic nitrogens is 2. The van der Waals surface area contributed by atoms with Crippen molar-refractivity contribution in [1.82, 2.24) is 9.97 Å². The third-order valence-corrected chi connectivity index (χ3v) is 3.45. The fraction of sp³-hybridized carbons (Fsp3) is 0.100. The summed E-state index contributed by atoms with van der Waals surface area (Å²) in [5, 5.41) is 0. The topological polar surface area (TPSA) is 69.0 Å². The SMILES string of the molecule is COc1cccc(C=Nc2ccc(N=Cc3cccc(OC)n3)cc2)n1. The first kappa shape index (κ1) is 17.3. The molecule has 2 aromatic heterocycles. The van der Waals surface area contributed by atoms with Crippen LogP contribution in [0, 0.1) is 0 Å². The van der Waals surface area contributed by atoms with Crippen molar-refractivity contribution in [3.05, 3.63) is 72.1 Å². The van der Waals surface area contributed by atoms with Gasteiger partial charge in [0.1, 0.15) is 0 Å². The molecule has 1 aromatic carbocycles. The van der Waals surface area contributed by atoms with Crippen molar-refractivity contribution >= 4 is 23.8 Å². The van der Waals surface area contributed by atoms with Crippen LogP contribution in [0.3, 0.4) is 0 Å². The van der Waals surface area contributed by atoms with Gasteiger partial charge in [-0.1, -0.05) is 12.1 Å². The van der Waals surface area contributed by atoms with Gasteiger partial charge >= 0.3 is 0 Å². The Hall–Kier alpha value is -3.54.